The molecule has 0 amide bonds. The molecule has 1 aromatic carbocycles. The van der Waals surface area contributed by atoms with Crippen molar-refractivity contribution in [2.75, 3.05) is 20.3 Å². The van der Waals surface area contributed by atoms with E-state index in [2.05, 4.69) is 32.3 Å². The predicted molar refractivity (Wildman–Crippen MR) is 72.7 cm³/mol. The lowest BCUT2D eigenvalue weighted by molar-refractivity contribution is 0.0992. The number of hydrogen-bond acceptors (Lipinski definition) is 4. The first-order valence-electron chi connectivity index (χ1n) is 5.77. The van der Waals surface area contributed by atoms with Crippen LogP contribution in [0, 0.1) is 0 Å². The van der Waals surface area contributed by atoms with Crippen molar-refractivity contribution in [1.29, 1.82) is 0 Å². The molecule has 2 aromatic rings. The molecule has 0 spiro atoms. The van der Waals surface area contributed by atoms with Crippen LogP contribution in [0.3, 0.4) is 0 Å². The highest BCUT2D eigenvalue weighted by Gasteiger charge is 2.22. The number of ether oxygens (including phenoxy) is 2. The van der Waals surface area contributed by atoms with E-state index in [9.17, 15) is 0 Å². The zero-order valence-electron chi connectivity index (χ0n) is 9.94. The highest BCUT2D eigenvalue weighted by Crippen LogP contribution is 2.30. The molecule has 1 aromatic heterocycles. The average Bonchev–Trinajstić information content (AvgIpc) is 2.90. The van der Waals surface area contributed by atoms with Gasteiger partial charge in [0, 0.05) is 16.4 Å². The highest BCUT2D eigenvalue weighted by molar-refractivity contribution is 9.10. The normalized spacial score (nSPS) is 19.3. The molecule has 1 saturated heterocycles. The van der Waals surface area contributed by atoms with Crippen molar-refractivity contribution >= 4 is 26.8 Å². The lowest BCUT2D eigenvalue weighted by atomic mass is 10.1. The molecule has 1 aliphatic heterocycles. The van der Waals surface area contributed by atoms with Crippen LogP contribution in [0.2, 0.25) is 0 Å². The number of halogens is 1. The highest BCUT2D eigenvalue weighted by atomic mass is 79.9. The Labute approximate surface area is 113 Å². The number of methoxy groups -OCH3 is 1. The molecular weight excluding hydrogens is 296 g/mol. The SMILES string of the molecule is COc1nc2cc(Br)ccc2cc1C1NCCO1. The van der Waals surface area contributed by atoms with Gasteiger partial charge < -0.3 is 9.47 Å². The largest absolute Gasteiger partial charge is 0.481 e. The topological polar surface area (TPSA) is 43.4 Å². The lowest BCUT2D eigenvalue weighted by Crippen LogP contribution is -2.15. The predicted octanol–water partition coefficient (Wildman–Crippen LogP) is 2.62. The maximum Gasteiger partial charge on any atom is 0.220 e. The van der Waals surface area contributed by atoms with Crippen LogP contribution >= 0.6 is 15.9 Å². The second-order valence-electron chi connectivity index (χ2n) is 4.13. The fourth-order valence-electron chi connectivity index (χ4n) is 2.12. The van der Waals surface area contributed by atoms with Crippen molar-refractivity contribution in [3.8, 4) is 5.88 Å². The molecule has 0 radical (unpaired) electrons. The smallest absolute Gasteiger partial charge is 0.220 e. The Hall–Kier alpha value is -1.17. The molecule has 2 heterocycles. The summed E-state index contributed by atoms with van der Waals surface area (Å²) in [4.78, 5) is 4.53. The van der Waals surface area contributed by atoms with E-state index in [1.165, 1.54) is 0 Å². The second kappa shape index (κ2) is 4.84. The quantitative estimate of drug-likeness (QED) is 0.926. The van der Waals surface area contributed by atoms with Gasteiger partial charge in [-0.15, -0.1) is 0 Å². The molecule has 1 aliphatic rings. The molecule has 4 nitrogen and oxygen atoms in total. The fraction of sp³-hybridized carbons (Fsp3) is 0.308. The minimum Gasteiger partial charge on any atom is -0.481 e. The van der Waals surface area contributed by atoms with Crippen molar-refractivity contribution in [3.05, 3.63) is 34.3 Å². The minimum atomic E-state index is -0.125. The van der Waals surface area contributed by atoms with Crippen LogP contribution in [0.5, 0.6) is 5.88 Å². The number of benzene rings is 1. The Balaban J connectivity index is 2.14. The molecule has 1 N–H and O–H groups in total. The Morgan fingerprint density at radius 3 is 3.06 bits per heavy atom. The van der Waals surface area contributed by atoms with E-state index < -0.39 is 0 Å². The van der Waals surface area contributed by atoms with Crippen LogP contribution < -0.4 is 10.1 Å². The summed E-state index contributed by atoms with van der Waals surface area (Å²) in [7, 11) is 1.63. The third kappa shape index (κ3) is 2.09. The summed E-state index contributed by atoms with van der Waals surface area (Å²) in [5.74, 6) is 0.611. The van der Waals surface area contributed by atoms with E-state index in [4.69, 9.17) is 9.47 Å². The molecule has 5 heteroatoms. The third-order valence-corrected chi connectivity index (χ3v) is 3.46. The summed E-state index contributed by atoms with van der Waals surface area (Å²) >= 11 is 3.45. The van der Waals surface area contributed by atoms with Crippen LogP contribution in [-0.2, 0) is 4.74 Å². The van der Waals surface area contributed by atoms with Gasteiger partial charge in [-0.1, -0.05) is 22.0 Å². The molecule has 0 saturated carbocycles. The van der Waals surface area contributed by atoms with Crippen molar-refractivity contribution in [1.82, 2.24) is 10.3 Å². The van der Waals surface area contributed by atoms with Gasteiger partial charge in [-0.05, 0) is 18.2 Å². The lowest BCUT2D eigenvalue weighted by Gasteiger charge is -2.14. The maximum atomic E-state index is 5.61. The number of nitrogens with zero attached hydrogens (tertiary/aromatic N) is 1. The maximum absolute atomic E-state index is 5.61. The average molecular weight is 309 g/mol. The molecule has 1 unspecified atom stereocenters. The molecule has 3 rings (SSSR count). The molecule has 1 atom stereocenters. The molecular formula is C13H13BrN2O2. The van der Waals surface area contributed by atoms with Gasteiger partial charge in [0.05, 0.1) is 24.8 Å². The van der Waals surface area contributed by atoms with Crippen LogP contribution in [0.25, 0.3) is 10.9 Å². The van der Waals surface area contributed by atoms with Crippen molar-refractivity contribution in [3.63, 3.8) is 0 Å². The van der Waals surface area contributed by atoms with Gasteiger partial charge in [-0.2, -0.15) is 0 Å². The first-order valence-corrected chi connectivity index (χ1v) is 6.56. The Morgan fingerprint density at radius 2 is 2.33 bits per heavy atom. The van der Waals surface area contributed by atoms with Crippen molar-refractivity contribution < 1.29 is 9.47 Å². The fourth-order valence-corrected chi connectivity index (χ4v) is 2.46. The zero-order chi connectivity index (χ0) is 12.5. The van der Waals surface area contributed by atoms with Gasteiger partial charge in [0.25, 0.3) is 0 Å². The summed E-state index contributed by atoms with van der Waals surface area (Å²) in [6.07, 6.45) is -0.125. The molecule has 0 bridgehead atoms. The van der Waals surface area contributed by atoms with E-state index in [1.807, 2.05) is 18.2 Å². The summed E-state index contributed by atoms with van der Waals surface area (Å²) in [6.45, 7) is 1.57. The van der Waals surface area contributed by atoms with Crippen LogP contribution in [0.15, 0.2) is 28.7 Å². The van der Waals surface area contributed by atoms with Gasteiger partial charge in [-0.3, -0.25) is 5.32 Å². The number of nitrogens with one attached hydrogen (secondary N) is 1. The van der Waals surface area contributed by atoms with Crippen molar-refractivity contribution in [2.24, 2.45) is 0 Å². The van der Waals surface area contributed by atoms with Gasteiger partial charge in [0.2, 0.25) is 5.88 Å². The van der Waals surface area contributed by atoms with Crippen LogP contribution in [0.1, 0.15) is 11.8 Å². The summed E-state index contributed by atoms with van der Waals surface area (Å²) in [5.41, 5.74) is 1.85. The Kier molecular flexibility index (Phi) is 3.20. The van der Waals surface area contributed by atoms with E-state index in [0.29, 0.717) is 12.5 Å². The van der Waals surface area contributed by atoms with E-state index in [1.54, 1.807) is 7.11 Å². The summed E-state index contributed by atoms with van der Waals surface area (Å²) in [6, 6.07) is 8.08. The molecule has 1 fully saturated rings. The first kappa shape index (κ1) is 11.9. The molecule has 94 valence electrons. The monoisotopic (exact) mass is 308 g/mol. The van der Waals surface area contributed by atoms with Crippen molar-refractivity contribution in [2.45, 2.75) is 6.23 Å². The summed E-state index contributed by atoms with van der Waals surface area (Å²) in [5, 5.41) is 4.35. The van der Waals surface area contributed by atoms with Crippen LogP contribution in [0.4, 0.5) is 0 Å². The second-order valence-corrected chi connectivity index (χ2v) is 5.04. The standard InChI is InChI=1S/C13H13BrN2O2/c1-17-13-10(12-15-4-5-18-12)6-8-2-3-9(14)7-11(8)16-13/h2-3,6-7,12,15H,4-5H2,1H3. The number of rotatable bonds is 2. The third-order valence-electron chi connectivity index (χ3n) is 2.96. The number of pyridine rings is 1. The van der Waals surface area contributed by atoms with Gasteiger partial charge in [-0.25, -0.2) is 4.98 Å². The van der Waals surface area contributed by atoms with E-state index >= 15 is 0 Å². The van der Waals surface area contributed by atoms with Crippen LogP contribution in [-0.4, -0.2) is 25.2 Å². The van der Waals surface area contributed by atoms with E-state index in [-0.39, 0.29) is 6.23 Å². The molecule has 18 heavy (non-hydrogen) atoms. The first-order chi connectivity index (χ1) is 8.78. The van der Waals surface area contributed by atoms with Gasteiger partial charge >= 0.3 is 0 Å². The van der Waals surface area contributed by atoms with E-state index in [0.717, 1.165) is 27.5 Å². The minimum absolute atomic E-state index is 0.125. The number of hydrogen-bond donors (Lipinski definition) is 1. The Morgan fingerprint density at radius 1 is 1.44 bits per heavy atom. The number of fused-ring (bicyclic) bond motifs is 1. The van der Waals surface area contributed by atoms with Gasteiger partial charge in [0.1, 0.15) is 6.23 Å². The number of aromatic nitrogens is 1. The van der Waals surface area contributed by atoms with Gasteiger partial charge in [0.15, 0.2) is 0 Å². The zero-order valence-corrected chi connectivity index (χ0v) is 11.5. The summed E-state index contributed by atoms with van der Waals surface area (Å²) < 4.78 is 12.0. The molecule has 0 aliphatic carbocycles. The Bertz CT molecular complexity index is 582.